The van der Waals surface area contributed by atoms with E-state index in [0.717, 1.165) is 28.5 Å². The van der Waals surface area contributed by atoms with Crippen LogP contribution in [0.5, 0.6) is 0 Å². The summed E-state index contributed by atoms with van der Waals surface area (Å²) in [6.07, 6.45) is 1.66. The minimum absolute atomic E-state index is 0.338. The Balaban J connectivity index is 2.29. The molecule has 0 aromatic carbocycles. The molecule has 0 bridgehead atoms. The maximum atomic E-state index is 5.76. The lowest BCUT2D eigenvalue weighted by Gasteiger charge is -2.13. The van der Waals surface area contributed by atoms with Crippen LogP contribution >= 0.6 is 12.2 Å². The monoisotopic (exact) mass is 276 g/mol. The van der Waals surface area contributed by atoms with E-state index in [1.165, 1.54) is 0 Å². The average Bonchev–Trinajstić information content (AvgIpc) is 2.70. The molecule has 0 aliphatic heterocycles. The van der Waals surface area contributed by atoms with Crippen molar-refractivity contribution in [1.29, 1.82) is 0 Å². The Labute approximate surface area is 117 Å². The summed E-state index contributed by atoms with van der Waals surface area (Å²) in [5.74, 6) is 0.834. The maximum Gasteiger partial charge on any atom is 0.151 e. The van der Waals surface area contributed by atoms with Crippen molar-refractivity contribution in [2.45, 2.75) is 20.4 Å². The topological polar surface area (TPSA) is 81.7 Å². The second kappa shape index (κ2) is 5.31. The number of nitrogens with one attached hydrogen (secondary N) is 1. The summed E-state index contributed by atoms with van der Waals surface area (Å²) in [6, 6.07) is 1.93. The smallest absolute Gasteiger partial charge is 0.151 e. The van der Waals surface area contributed by atoms with E-state index < -0.39 is 0 Å². The highest BCUT2D eigenvalue weighted by molar-refractivity contribution is 7.80. The molecular weight excluding hydrogens is 260 g/mol. The van der Waals surface area contributed by atoms with Gasteiger partial charge in [0, 0.05) is 24.1 Å². The van der Waals surface area contributed by atoms with Crippen LogP contribution in [0.15, 0.2) is 12.4 Å². The number of hydrogen-bond acceptors (Lipinski definition) is 5. The lowest BCUT2D eigenvalue weighted by molar-refractivity contribution is 0.812. The SMILES string of the molecule is Cc1cc(NCc2nncn2C)c(C(N)=S)c(C)n1. The molecule has 19 heavy (non-hydrogen) atoms. The molecule has 100 valence electrons. The van der Waals surface area contributed by atoms with Gasteiger partial charge in [0.2, 0.25) is 0 Å². The van der Waals surface area contributed by atoms with Crippen LogP contribution in [0.2, 0.25) is 0 Å². The van der Waals surface area contributed by atoms with Crippen molar-refractivity contribution in [1.82, 2.24) is 19.7 Å². The predicted octanol–water partition coefficient (Wildman–Crippen LogP) is 1.07. The molecule has 0 saturated carbocycles. The molecule has 6 nitrogen and oxygen atoms in total. The molecule has 0 saturated heterocycles. The maximum absolute atomic E-state index is 5.76. The molecule has 0 aliphatic rings. The Hall–Kier alpha value is -2.02. The van der Waals surface area contributed by atoms with Gasteiger partial charge in [-0.2, -0.15) is 0 Å². The van der Waals surface area contributed by atoms with Crippen molar-refractivity contribution in [3.05, 3.63) is 35.2 Å². The van der Waals surface area contributed by atoms with Gasteiger partial charge < -0.3 is 15.6 Å². The van der Waals surface area contributed by atoms with Crippen molar-refractivity contribution in [3.63, 3.8) is 0 Å². The van der Waals surface area contributed by atoms with Crippen LogP contribution in [-0.4, -0.2) is 24.7 Å². The van der Waals surface area contributed by atoms with Gasteiger partial charge in [0.1, 0.15) is 11.3 Å². The van der Waals surface area contributed by atoms with Crippen molar-refractivity contribution in [3.8, 4) is 0 Å². The van der Waals surface area contributed by atoms with Gasteiger partial charge in [0.25, 0.3) is 0 Å². The number of thiocarbonyl (C=S) groups is 1. The van der Waals surface area contributed by atoms with Gasteiger partial charge in [0.05, 0.1) is 12.1 Å². The highest BCUT2D eigenvalue weighted by Crippen LogP contribution is 2.20. The first-order valence-corrected chi connectivity index (χ1v) is 6.24. The van der Waals surface area contributed by atoms with Gasteiger partial charge in [-0.05, 0) is 19.9 Å². The fourth-order valence-electron chi connectivity index (χ4n) is 1.92. The average molecular weight is 276 g/mol. The first-order chi connectivity index (χ1) is 8.99. The Bertz CT molecular complexity index is 619. The van der Waals surface area contributed by atoms with E-state index in [9.17, 15) is 0 Å². The number of hydrogen-bond donors (Lipinski definition) is 2. The third-order valence-electron chi connectivity index (χ3n) is 2.82. The minimum Gasteiger partial charge on any atom is -0.389 e. The van der Waals surface area contributed by atoms with Crippen molar-refractivity contribution in [2.24, 2.45) is 12.8 Å². The van der Waals surface area contributed by atoms with Crippen molar-refractivity contribution >= 4 is 22.9 Å². The summed E-state index contributed by atoms with van der Waals surface area (Å²) in [4.78, 5) is 4.72. The first-order valence-electron chi connectivity index (χ1n) is 5.84. The summed E-state index contributed by atoms with van der Waals surface area (Å²) in [5.41, 5.74) is 9.16. The van der Waals surface area contributed by atoms with Crippen molar-refractivity contribution < 1.29 is 0 Å². The van der Waals surface area contributed by atoms with Crippen LogP contribution in [0.1, 0.15) is 22.8 Å². The van der Waals surface area contributed by atoms with Gasteiger partial charge in [-0.3, -0.25) is 4.98 Å². The van der Waals surface area contributed by atoms with E-state index in [-0.39, 0.29) is 0 Å². The Morgan fingerprint density at radius 2 is 2.21 bits per heavy atom. The first kappa shape index (κ1) is 13.4. The highest BCUT2D eigenvalue weighted by Gasteiger charge is 2.11. The molecule has 0 fully saturated rings. The van der Waals surface area contributed by atoms with Crippen LogP contribution in [0.25, 0.3) is 0 Å². The molecule has 2 aromatic rings. The normalized spacial score (nSPS) is 10.5. The van der Waals surface area contributed by atoms with E-state index in [4.69, 9.17) is 18.0 Å². The molecule has 0 aliphatic carbocycles. The van der Waals surface area contributed by atoms with E-state index in [2.05, 4.69) is 20.5 Å². The number of nitrogens with zero attached hydrogens (tertiary/aromatic N) is 4. The molecule has 2 heterocycles. The minimum atomic E-state index is 0.338. The fourth-order valence-corrected chi connectivity index (χ4v) is 2.18. The molecule has 0 radical (unpaired) electrons. The zero-order valence-electron chi connectivity index (χ0n) is 11.1. The van der Waals surface area contributed by atoms with Gasteiger partial charge in [-0.1, -0.05) is 12.2 Å². The number of anilines is 1. The number of aryl methyl sites for hydroxylation is 3. The molecule has 0 amide bonds. The Morgan fingerprint density at radius 1 is 1.47 bits per heavy atom. The third kappa shape index (κ3) is 2.87. The lowest BCUT2D eigenvalue weighted by Crippen LogP contribution is -2.17. The summed E-state index contributed by atoms with van der Waals surface area (Å²) >= 11 is 5.08. The molecule has 0 atom stereocenters. The molecule has 0 spiro atoms. The zero-order valence-corrected chi connectivity index (χ0v) is 12.0. The predicted molar refractivity (Wildman–Crippen MR) is 77.9 cm³/mol. The van der Waals surface area contributed by atoms with Gasteiger partial charge in [0.15, 0.2) is 5.82 Å². The van der Waals surface area contributed by atoms with E-state index in [1.54, 1.807) is 6.33 Å². The Morgan fingerprint density at radius 3 is 2.79 bits per heavy atom. The van der Waals surface area contributed by atoms with Crippen LogP contribution in [0.4, 0.5) is 5.69 Å². The lowest BCUT2D eigenvalue weighted by atomic mass is 10.1. The number of aromatic nitrogens is 4. The van der Waals surface area contributed by atoms with Crippen LogP contribution in [0, 0.1) is 13.8 Å². The largest absolute Gasteiger partial charge is 0.389 e. The van der Waals surface area contributed by atoms with Crippen LogP contribution in [0.3, 0.4) is 0 Å². The van der Waals surface area contributed by atoms with E-state index >= 15 is 0 Å². The molecular formula is C12H16N6S. The van der Waals surface area contributed by atoms with Gasteiger partial charge in [-0.25, -0.2) is 0 Å². The van der Waals surface area contributed by atoms with E-state index in [0.29, 0.717) is 11.5 Å². The molecule has 7 heteroatoms. The fraction of sp³-hybridized carbons (Fsp3) is 0.333. The van der Waals surface area contributed by atoms with Gasteiger partial charge in [-0.15, -0.1) is 10.2 Å². The molecule has 3 N–H and O–H groups in total. The number of nitrogens with two attached hydrogens (primary N) is 1. The Kier molecular flexibility index (Phi) is 3.75. The summed E-state index contributed by atoms with van der Waals surface area (Å²) in [7, 11) is 1.90. The molecule has 2 aromatic heterocycles. The van der Waals surface area contributed by atoms with Crippen LogP contribution in [-0.2, 0) is 13.6 Å². The van der Waals surface area contributed by atoms with E-state index in [1.807, 2.05) is 31.5 Å². The third-order valence-corrected chi connectivity index (χ3v) is 3.02. The second-order valence-electron chi connectivity index (χ2n) is 4.35. The van der Waals surface area contributed by atoms with Crippen molar-refractivity contribution in [2.75, 3.05) is 5.32 Å². The van der Waals surface area contributed by atoms with Crippen LogP contribution < -0.4 is 11.1 Å². The summed E-state index contributed by atoms with van der Waals surface area (Å²) in [6.45, 7) is 4.38. The quantitative estimate of drug-likeness (QED) is 0.813. The number of rotatable bonds is 4. The highest BCUT2D eigenvalue weighted by atomic mass is 32.1. The zero-order chi connectivity index (χ0) is 14.0. The second-order valence-corrected chi connectivity index (χ2v) is 4.79. The summed E-state index contributed by atoms with van der Waals surface area (Å²) in [5, 5.41) is 11.1. The molecule has 0 unspecified atom stereocenters. The van der Waals surface area contributed by atoms with Gasteiger partial charge >= 0.3 is 0 Å². The molecule has 2 rings (SSSR count). The standard InChI is InChI=1S/C12H16N6S/c1-7-4-9(11(12(13)19)8(2)16-7)14-5-10-17-15-6-18(10)3/h4,6H,5H2,1-3H3,(H2,13,19)(H,14,16). The summed E-state index contributed by atoms with van der Waals surface area (Å²) < 4.78 is 1.86. The number of pyridine rings is 1.